The highest BCUT2D eigenvalue weighted by molar-refractivity contribution is 7.10. The van der Waals surface area contributed by atoms with E-state index in [1.54, 1.807) is 20.1 Å². The standard InChI is InChI=1S/C16H20N2O3S/c1-11-6-7-12(13(9-11)21-3)18-15(19)17-10-16(2,20)14-5-4-8-22-14/h4-9,20H,10H2,1-3H3,(H2,17,18,19). The number of ether oxygens (including phenoxy) is 1. The molecule has 118 valence electrons. The van der Waals surface area contributed by atoms with Crippen LogP contribution < -0.4 is 15.4 Å². The maximum Gasteiger partial charge on any atom is 0.319 e. The van der Waals surface area contributed by atoms with Crippen molar-refractivity contribution < 1.29 is 14.6 Å². The van der Waals surface area contributed by atoms with Crippen molar-refractivity contribution >= 4 is 23.1 Å². The van der Waals surface area contributed by atoms with Gasteiger partial charge in [-0.25, -0.2) is 4.79 Å². The summed E-state index contributed by atoms with van der Waals surface area (Å²) in [7, 11) is 1.56. The first-order valence-electron chi connectivity index (χ1n) is 6.88. The molecule has 0 radical (unpaired) electrons. The second-order valence-corrected chi connectivity index (χ2v) is 6.21. The molecule has 0 bridgehead atoms. The second-order valence-electron chi connectivity index (χ2n) is 5.26. The number of amides is 2. The van der Waals surface area contributed by atoms with Crippen molar-refractivity contribution in [2.24, 2.45) is 0 Å². The van der Waals surface area contributed by atoms with Crippen LogP contribution in [0.4, 0.5) is 10.5 Å². The number of hydrogen-bond donors (Lipinski definition) is 3. The molecular formula is C16H20N2O3S. The van der Waals surface area contributed by atoms with E-state index in [0.717, 1.165) is 10.4 Å². The number of anilines is 1. The zero-order valence-electron chi connectivity index (χ0n) is 12.8. The number of thiophene rings is 1. The number of urea groups is 1. The Kier molecular flexibility index (Phi) is 5.05. The summed E-state index contributed by atoms with van der Waals surface area (Å²) in [6.07, 6.45) is 0. The summed E-state index contributed by atoms with van der Waals surface area (Å²) in [6, 6.07) is 8.83. The number of carbonyl (C=O) groups is 1. The lowest BCUT2D eigenvalue weighted by Gasteiger charge is -2.22. The van der Waals surface area contributed by atoms with Crippen molar-refractivity contribution in [1.29, 1.82) is 0 Å². The zero-order valence-corrected chi connectivity index (χ0v) is 13.7. The molecule has 1 unspecified atom stereocenters. The summed E-state index contributed by atoms with van der Waals surface area (Å²) >= 11 is 1.45. The Labute approximate surface area is 133 Å². The molecule has 1 atom stereocenters. The van der Waals surface area contributed by atoms with Gasteiger partial charge in [0, 0.05) is 4.88 Å². The minimum atomic E-state index is -1.09. The van der Waals surface area contributed by atoms with Gasteiger partial charge in [0.25, 0.3) is 0 Å². The van der Waals surface area contributed by atoms with Crippen LogP contribution in [0, 0.1) is 6.92 Å². The molecule has 2 amide bonds. The van der Waals surface area contributed by atoms with E-state index in [-0.39, 0.29) is 12.6 Å². The van der Waals surface area contributed by atoms with Crippen LogP contribution in [0.5, 0.6) is 5.75 Å². The van der Waals surface area contributed by atoms with Crippen LogP contribution >= 0.6 is 11.3 Å². The predicted octanol–water partition coefficient (Wildman–Crippen LogP) is 3.09. The molecule has 6 heteroatoms. The smallest absolute Gasteiger partial charge is 0.319 e. The normalized spacial score (nSPS) is 13.3. The quantitative estimate of drug-likeness (QED) is 0.793. The van der Waals surface area contributed by atoms with E-state index in [0.29, 0.717) is 11.4 Å². The van der Waals surface area contributed by atoms with Gasteiger partial charge >= 0.3 is 6.03 Å². The van der Waals surface area contributed by atoms with E-state index in [9.17, 15) is 9.90 Å². The zero-order chi connectivity index (χ0) is 16.2. The van der Waals surface area contributed by atoms with Crippen LogP contribution in [0.3, 0.4) is 0 Å². The summed E-state index contributed by atoms with van der Waals surface area (Å²) in [6.45, 7) is 3.74. The van der Waals surface area contributed by atoms with Gasteiger partial charge in [0.15, 0.2) is 0 Å². The van der Waals surface area contributed by atoms with Crippen molar-refractivity contribution in [3.05, 3.63) is 46.2 Å². The third-order valence-corrected chi connectivity index (χ3v) is 4.37. The predicted molar refractivity (Wildman–Crippen MR) is 88.6 cm³/mol. The van der Waals surface area contributed by atoms with Crippen LogP contribution in [0.2, 0.25) is 0 Å². The SMILES string of the molecule is COc1cc(C)ccc1NC(=O)NCC(C)(O)c1cccs1. The number of nitrogens with one attached hydrogen (secondary N) is 2. The summed E-state index contributed by atoms with van der Waals surface area (Å²) in [4.78, 5) is 12.8. The molecule has 3 N–H and O–H groups in total. The molecule has 22 heavy (non-hydrogen) atoms. The third-order valence-electron chi connectivity index (χ3n) is 3.25. The van der Waals surface area contributed by atoms with Crippen molar-refractivity contribution in [1.82, 2.24) is 5.32 Å². The van der Waals surface area contributed by atoms with Crippen LogP contribution in [-0.4, -0.2) is 24.8 Å². The Morgan fingerprint density at radius 3 is 2.82 bits per heavy atom. The molecule has 5 nitrogen and oxygen atoms in total. The fourth-order valence-corrected chi connectivity index (χ4v) is 2.78. The van der Waals surface area contributed by atoms with Gasteiger partial charge in [0.05, 0.1) is 19.3 Å². The van der Waals surface area contributed by atoms with Crippen molar-refractivity contribution in [2.75, 3.05) is 19.0 Å². The first kappa shape index (κ1) is 16.3. The molecule has 0 saturated carbocycles. The molecule has 0 fully saturated rings. The highest BCUT2D eigenvalue weighted by atomic mass is 32.1. The van der Waals surface area contributed by atoms with Crippen molar-refractivity contribution in [2.45, 2.75) is 19.4 Å². The largest absolute Gasteiger partial charge is 0.495 e. The van der Waals surface area contributed by atoms with Crippen LogP contribution in [-0.2, 0) is 5.60 Å². The Morgan fingerprint density at radius 2 is 2.18 bits per heavy atom. The maximum atomic E-state index is 12.0. The van der Waals surface area contributed by atoms with Crippen LogP contribution in [0.25, 0.3) is 0 Å². The van der Waals surface area contributed by atoms with E-state index >= 15 is 0 Å². The summed E-state index contributed by atoms with van der Waals surface area (Å²) < 4.78 is 5.24. The van der Waals surface area contributed by atoms with Gasteiger partial charge in [0.1, 0.15) is 11.4 Å². The number of rotatable bonds is 5. The minimum absolute atomic E-state index is 0.119. The third kappa shape index (κ3) is 3.99. The molecule has 1 heterocycles. The number of aryl methyl sites for hydroxylation is 1. The Morgan fingerprint density at radius 1 is 1.41 bits per heavy atom. The molecule has 0 spiro atoms. The Hall–Kier alpha value is -2.05. The van der Waals surface area contributed by atoms with Crippen LogP contribution in [0.15, 0.2) is 35.7 Å². The maximum absolute atomic E-state index is 12.0. The van der Waals surface area contributed by atoms with Crippen LogP contribution in [0.1, 0.15) is 17.4 Å². The second kappa shape index (κ2) is 6.81. The number of carbonyl (C=O) groups excluding carboxylic acids is 1. The van der Waals surface area contributed by atoms with E-state index < -0.39 is 5.60 Å². The minimum Gasteiger partial charge on any atom is -0.495 e. The molecule has 0 aliphatic heterocycles. The summed E-state index contributed by atoms with van der Waals surface area (Å²) in [5.41, 5.74) is 0.535. The molecule has 2 aromatic rings. The highest BCUT2D eigenvalue weighted by Crippen LogP contribution is 2.26. The van der Waals surface area contributed by atoms with Crippen molar-refractivity contribution in [3.63, 3.8) is 0 Å². The van der Waals surface area contributed by atoms with E-state index in [4.69, 9.17) is 4.74 Å². The van der Waals surface area contributed by atoms with E-state index in [1.165, 1.54) is 11.3 Å². The molecular weight excluding hydrogens is 300 g/mol. The number of methoxy groups -OCH3 is 1. The molecule has 0 aliphatic carbocycles. The van der Waals surface area contributed by atoms with Gasteiger partial charge in [0.2, 0.25) is 0 Å². The molecule has 1 aromatic carbocycles. The Balaban J connectivity index is 1.96. The lowest BCUT2D eigenvalue weighted by molar-refractivity contribution is 0.0637. The Bertz CT molecular complexity index is 639. The summed E-state index contributed by atoms with van der Waals surface area (Å²) in [5, 5.41) is 17.7. The van der Waals surface area contributed by atoms with Gasteiger partial charge in [-0.15, -0.1) is 11.3 Å². The summed E-state index contributed by atoms with van der Waals surface area (Å²) in [5.74, 6) is 0.597. The molecule has 0 aliphatic rings. The first-order chi connectivity index (χ1) is 10.4. The lowest BCUT2D eigenvalue weighted by atomic mass is 10.1. The van der Waals surface area contributed by atoms with Gasteiger partial charge in [-0.2, -0.15) is 0 Å². The van der Waals surface area contributed by atoms with Crippen molar-refractivity contribution in [3.8, 4) is 5.75 Å². The number of hydrogen-bond acceptors (Lipinski definition) is 4. The average molecular weight is 320 g/mol. The fraction of sp³-hybridized carbons (Fsp3) is 0.312. The van der Waals surface area contributed by atoms with Gasteiger partial charge in [-0.05, 0) is 43.0 Å². The lowest BCUT2D eigenvalue weighted by Crippen LogP contribution is -2.40. The molecule has 2 rings (SSSR count). The molecule has 1 aromatic heterocycles. The fourth-order valence-electron chi connectivity index (χ4n) is 1.99. The highest BCUT2D eigenvalue weighted by Gasteiger charge is 2.24. The van der Waals surface area contributed by atoms with E-state index in [1.807, 2.05) is 36.6 Å². The van der Waals surface area contributed by atoms with Gasteiger partial charge in [-0.3, -0.25) is 0 Å². The molecule has 0 saturated heterocycles. The number of benzene rings is 1. The van der Waals surface area contributed by atoms with E-state index in [2.05, 4.69) is 10.6 Å². The van der Waals surface area contributed by atoms with Gasteiger partial charge < -0.3 is 20.5 Å². The monoisotopic (exact) mass is 320 g/mol. The topological polar surface area (TPSA) is 70.6 Å². The van der Waals surface area contributed by atoms with Gasteiger partial charge in [-0.1, -0.05) is 12.1 Å². The first-order valence-corrected chi connectivity index (χ1v) is 7.76. The number of aliphatic hydroxyl groups is 1. The average Bonchev–Trinajstić information content (AvgIpc) is 3.02.